The number of hydrogen-bond acceptors (Lipinski definition) is 5. The van der Waals surface area contributed by atoms with Crippen LogP contribution in [-0.2, 0) is 4.74 Å². The van der Waals surface area contributed by atoms with Crippen LogP contribution in [0.5, 0.6) is 0 Å². The number of rotatable bonds is 3. The maximum Gasteiger partial charge on any atom is 0.274 e. The molecule has 23 heavy (non-hydrogen) atoms. The number of aromatic amines is 1. The van der Waals surface area contributed by atoms with Crippen molar-refractivity contribution >= 4 is 5.91 Å². The Bertz CT molecular complexity index is 562. The maximum atomic E-state index is 12.6. The smallest absolute Gasteiger partial charge is 0.274 e. The molecule has 0 aliphatic carbocycles. The monoisotopic (exact) mass is 320 g/mol. The van der Waals surface area contributed by atoms with Gasteiger partial charge >= 0.3 is 0 Å². The Balaban J connectivity index is 1.62. The first kappa shape index (κ1) is 16.1. The molecule has 3 rings (SSSR count). The van der Waals surface area contributed by atoms with Crippen molar-refractivity contribution in [2.45, 2.75) is 31.8 Å². The summed E-state index contributed by atoms with van der Waals surface area (Å²) < 4.78 is 5.93. The standard InChI is InChI=1S/C16H24N4O3/c21-15-10-17-14(9-18-15)16(22)20-7-4-8-23-13(12-20)11-19-5-2-1-3-6-19/h9-10,13H,1-8,11-12H2,(H,18,21)/t13-/m1/s1. The van der Waals surface area contributed by atoms with E-state index in [1.165, 1.54) is 25.5 Å². The van der Waals surface area contributed by atoms with Crippen LogP contribution in [0.1, 0.15) is 36.2 Å². The summed E-state index contributed by atoms with van der Waals surface area (Å²) >= 11 is 0. The van der Waals surface area contributed by atoms with Gasteiger partial charge in [0.1, 0.15) is 5.69 Å². The van der Waals surface area contributed by atoms with Crippen molar-refractivity contribution in [1.82, 2.24) is 19.8 Å². The van der Waals surface area contributed by atoms with E-state index < -0.39 is 0 Å². The van der Waals surface area contributed by atoms with E-state index in [0.717, 1.165) is 32.3 Å². The van der Waals surface area contributed by atoms with Crippen molar-refractivity contribution in [2.24, 2.45) is 0 Å². The molecule has 2 aliphatic rings. The lowest BCUT2D eigenvalue weighted by molar-refractivity contribution is 0.0215. The molecule has 2 saturated heterocycles. The molecule has 2 fully saturated rings. The second kappa shape index (κ2) is 7.70. The molecular weight excluding hydrogens is 296 g/mol. The number of H-pyrrole nitrogens is 1. The SMILES string of the molecule is O=C(c1c[nH]c(=O)cn1)N1CCCO[C@H](CN2CCCCC2)C1. The molecule has 0 unspecified atom stereocenters. The first-order valence-corrected chi connectivity index (χ1v) is 8.40. The third-order valence-electron chi connectivity index (χ3n) is 4.44. The molecule has 7 nitrogen and oxygen atoms in total. The van der Waals surface area contributed by atoms with Crippen molar-refractivity contribution in [1.29, 1.82) is 0 Å². The molecule has 126 valence electrons. The van der Waals surface area contributed by atoms with Gasteiger partial charge in [0, 0.05) is 32.4 Å². The average Bonchev–Trinajstić information content (AvgIpc) is 2.81. The van der Waals surface area contributed by atoms with Crippen LogP contribution in [0.15, 0.2) is 17.2 Å². The fourth-order valence-electron chi connectivity index (χ4n) is 3.24. The van der Waals surface area contributed by atoms with Gasteiger partial charge in [0.05, 0.1) is 12.3 Å². The van der Waals surface area contributed by atoms with Crippen molar-refractivity contribution in [3.8, 4) is 0 Å². The highest BCUT2D eigenvalue weighted by Crippen LogP contribution is 2.14. The highest BCUT2D eigenvalue weighted by Gasteiger charge is 2.26. The van der Waals surface area contributed by atoms with Gasteiger partial charge in [0.15, 0.2) is 0 Å². The largest absolute Gasteiger partial charge is 0.375 e. The molecule has 7 heteroatoms. The summed E-state index contributed by atoms with van der Waals surface area (Å²) in [6.45, 7) is 5.04. The highest BCUT2D eigenvalue weighted by atomic mass is 16.5. The minimum absolute atomic E-state index is 0.0438. The number of carbonyl (C=O) groups is 1. The maximum absolute atomic E-state index is 12.6. The molecule has 3 heterocycles. The summed E-state index contributed by atoms with van der Waals surface area (Å²) in [5.74, 6) is -0.143. The van der Waals surface area contributed by atoms with Gasteiger partial charge in [-0.1, -0.05) is 6.42 Å². The molecular formula is C16H24N4O3. The van der Waals surface area contributed by atoms with Gasteiger partial charge in [-0.25, -0.2) is 4.98 Å². The van der Waals surface area contributed by atoms with E-state index in [4.69, 9.17) is 4.74 Å². The van der Waals surface area contributed by atoms with E-state index in [-0.39, 0.29) is 23.3 Å². The van der Waals surface area contributed by atoms with E-state index in [9.17, 15) is 9.59 Å². The van der Waals surface area contributed by atoms with Crippen molar-refractivity contribution in [3.05, 3.63) is 28.4 Å². The Morgan fingerprint density at radius 3 is 2.83 bits per heavy atom. The van der Waals surface area contributed by atoms with Crippen LogP contribution in [0, 0.1) is 0 Å². The Morgan fingerprint density at radius 2 is 2.09 bits per heavy atom. The molecule has 1 amide bonds. The van der Waals surface area contributed by atoms with Gasteiger partial charge in [0.25, 0.3) is 11.5 Å². The number of likely N-dealkylation sites (tertiary alicyclic amines) is 1. The van der Waals surface area contributed by atoms with Gasteiger partial charge in [-0.2, -0.15) is 0 Å². The van der Waals surface area contributed by atoms with E-state index in [1.54, 1.807) is 4.90 Å². The van der Waals surface area contributed by atoms with E-state index in [1.807, 2.05) is 0 Å². The van der Waals surface area contributed by atoms with Gasteiger partial charge < -0.3 is 19.5 Å². The summed E-state index contributed by atoms with van der Waals surface area (Å²) in [6.07, 6.45) is 7.20. The first-order valence-electron chi connectivity index (χ1n) is 8.40. The van der Waals surface area contributed by atoms with Gasteiger partial charge in [0.2, 0.25) is 0 Å². The Labute approximate surface area is 135 Å². The van der Waals surface area contributed by atoms with E-state index in [0.29, 0.717) is 19.7 Å². The number of carbonyl (C=O) groups excluding carboxylic acids is 1. The molecule has 0 bridgehead atoms. The molecule has 1 N–H and O–H groups in total. The predicted octanol–water partition coefficient (Wildman–Crippen LogP) is 0.487. The Morgan fingerprint density at radius 1 is 1.26 bits per heavy atom. The normalized spacial score (nSPS) is 23.5. The predicted molar refractivity (Wildman–Crippen MR) is 85.4 cm³/mol. The van der Waals surface area contributed by atoms with Gasteiger partial charge in [-0.3, -0.25) is 9.59 Å². The summed E-state index contributed by atoms with van der Waals surface area (Å²) in [6, 6.07) is 0. The lowest BCUT2D eigenvalue weighted by atomic mass is 10.1. The number of nitrogens with one attached hydrogen (secondary N) is 1. The van der Waals surface area contributed by atoms with Crippen LogP contribution in [0.2, 0.25) is 0 Å². The second-order valence-corrected chi connectivity index (χ2v) is 6.26. The third kappa shape index (κ3) is 4.39. The van der Waals surface area contributed by atoms with E-state index in [2.05, 4.69) is 14.9 Å². The minimum Gasteiger partial charge on any atom is -0.375 e. The van der Waals surface area contributed by atoms with Crippen molar-refractivity contribution < 1.29 is 9.53 Å². The zero-order chi connectivity index (χ0) is 16.1. The molecule has 0 radical (unpaired) electrons. The van der Waals surface area contributed by atoms with Crippen LogP contribution in [0.3, 0.4) is 0 Å². The van der Waals surface area contributed by atoms with Crippen LogP contribution >= 0.6 is 0 Å². The zero-order valence-corrected chi connectivity index (χ0v) is 13.4. The van der Waals surface area contributed by atoms with Gasteiger partial charge in [-0.15, -0.1) is 0 Å². The topological polar surface area (TPSA) is 78.5 Å². The molecule has 1 aromatic heterocycles. The number of amides is 1. The first-order chi connectivity index (χ1) is 11.2. The molecule has 0 spiro atoms. The van der Waals surface area contributed by atoms with Gasteiger partial charge in [-0.05, 0) is 32.4 Å². The summed E-state index contributed by atoms with van der Waals surface area (Å²) in [5.41, 5.74) is -0.0213. The fraction of sp³-hybridized carbons (Fsp3) is 0.688. The van der Waals surface area contributed by atoms with Crippen LogP contribution in [0.25, 0.3) is 0 Å². The lowest BCUT2D eigenvalue weighted by Gasteiger charge is -2.31. The zero-order valence-electron chi connectivity index (χ0n) is 13.4. The molecule has 0 aromatic carbocycles. The van der Waals surface area contributed by atoms with Crippen LogP contribution < -0.4 is 5.56 Å². The second-order valence-electron chi connectivity index (χ2n) is 6.26. The van der Waals surface area contributed by atoms with Crippen LogP contribution in [-0.4, -0.2) is 71.1 Å². The quantitative estimate of drug-likeness (QED) is 0.877. The number of aromatic nitrogens is 2. The van der Waals surface area contributed by atoms with Crippen molar-refractivity contribution in [2.75, 3.05) is 39.3 Å². The van der Waals surface area contributed by atoms with E-state index >= 15 is 0 Å². The summed E-state index contributed by atoms with van der Waals surface area (Å²) in [4.78, 5) is 34.3. The number of nitrogens with zero attached hydrogens (tertiary/aromatic N) is 3. The summed E-state index contributed by atoms with van der Waals surface area (Å²) in [5, 5.41) is 0. The van der Waals surface area contributed by atoms with Crippen molar-refractivity contribution in [3.63, 3.8) is 0 Å². The molecule has 1 aromatic rings. The lowest BCUT2D eigenvalue weighted by Crippen LogP contribution is -2.44. The Kier molecular flexibility index (Phi) is 5.40. The summed E-state index contributed by atoms with van der Waals surface area (Å²) in [7, 11) is 0. The third-order valence-corrected chi connectivity index (χ3v) is 4.44. The molecule has 2 aliphatic heterocycles. The average molecular weight is 320 g/mol. The fourth-order valence-corrected chi connectivity index (χ4v) is 3.24. The Hall–Kier alpha value is -1.73. The highest BCUT2D eigenvalue weighted by molar-refractivity contribution is 5.92. The van der Waals surface area contributed by atoms with Crippen LogP contribution in [0.4, 0.5) is 0 Å². The number of hydrogen-bond donors (Lipinski definition) is 1. The number of piperidine rings is 1. The minimum atomic E-state index is -0.302. The molecule has 0 saturated carbocycles. The number of ether oxygens (including phenoxy) is 1. The molecule has 1 atom stereocenters.